The quantitative estimate of drug-likeness (QED) is 0.307. The predicted octanol–water partition coefficient (Wildman–Crippen LogP) is 2.21. The normalized spacial score (nSPS) is 18.2. The van der Waals surface area contributed by atoms with E-state index in [-0.39, 0.29) is 18.3 Å². The zero-order valence-electron chi connectivity index (χ0n) is 25.3. The molecule has 0 bridgehead atoms. The molecule has 2 unspecified atom stereocenters. The van der Waals surface area contributed by atoms with Crippen molar-refractivity contribution in [3.8, 4) is 5.75 Å². The third-order valence-corrected chi connectivity index (χ3v) is 6.73. The van der Waals surface area contributed by atoms with Crippen molar-refractivity contribution in [2.24, 2.45) is 0 Å². The van der Waals surface area contributed by atoms with Gasteiger partial charge >= 0.3 is 6.09 Å². The number of carbonyl (C=O) groups excluding carboxylic acids is 1. The number of rotatable bonds is 7. The summed E-state index contributed by atoms with van der Waals surface area (Å²) in [6.45, 7) is 4.26. The van der Waals surface area contributed by atoms with Gasteiger partial charge in [0.25, 0.3) is 20.2 Å². The largest absolute Gasteiger partial charge is 0.497 e. The molecule has 0 spiro atoms. The zero-order chi connectivity index (χ0) is 34.2. The number of carbonyl (C=O) groups is 1. The van der Waals surface area contributed by atoms with Crippen LogP contribution >= 0.6 is 0 Å². The minimum Gasteiger partial charge on any atom is -0.497 e. The number of ether oxygens (including phenoxy) is 2. The van der Waals surface area contributed by atoms with Crippen LogP contribution in [0.15, 0.2) is 48.7 Å². The monoisotopic (exact) mass is 690 g/mol. The summed E-state index contributed by atoms with van der Waals surface area (Å²) < 4.78 is 89.6. The van der Waals surface area contributed by atoms with Crippen molar-refractivity contribution in [1.29, 1.82) is 0 Å². The second kappa shape index (κ2) is 15.9. The molecule has 0 aliphatic carbocycles. The molecule has 3 N–H and O–H groups in total. The van der Waals surface area contributed by atoms with Crippen LogP contribution in [0, 0.1) is 11.6 Å². The molecule has 3 aromatic rings. The Morgan fingerprint density at radius 2 is 1.52 bits per heavy atom. The summed E-state index contributed by atoms with van der Waals surface area (Å²) in [7, 11) is -5.72. The van der Waals surface area contributed by atoms with E-state index >= 15 is 0 Å². The van der Waals surface area contributed by atoms with Crippen molar-refractivity contribution in [2.45, 2.75) is 12.2 Å². The molecule has 46 heavy (non-hydrogen) atoms. The topological polar surface area (TPSA) is 187 Å². The molecule has 14 nitrogen and oxygen atoms in total. The summed E-state index contributed by atoms with van der Waals surface area (Å²) in [4.78, 5) is 22.3. The number of methoxy groups -OCH3 is 1. The number of aliphatic hydroxyl groups excluding tert-OH is 1. The fourth-order valence-electron chi connectivity index (χ4n) is 4.87. The van der Waals surface area contributed by atoms with Crippen LogP contribution in [0.1, 0.15) is 11.7 Å². The fraction of sp³-hybridized carbons (Fsp3) is 0.429. The minimum absolute atomic E-state index is 0.153. The molecule has 0 radical (unpaired) electrons. The fourth-order valence-corrected chi connectivity index (χ4v) is 4.87. The van der Waals surface area contributed by atoms with Crippen LogP contribution < -0.4 is 9.64 Å². The second-order valence-electron chi connectivity index (χ2n) is 10.6. The van der Waals surface area contributed by atoms with E-state index in [0.717, 1.165) is 60.8 Å². The number of fused-ring (bicyclic) bond motifs is 1. The van der Waals surface area contributed by atoms with Crippen LogP contribution in [0.2, 0.25) is 0 Å². The molecule has 2 atom stereocenters. The number of nitrogens with zero attached hydrogens (tertiary/aromatic N) is 4. The van der Waals surface area contributed by atoms with E-state index in [1.807, 2.05) is 24.3 Å². The van der Waals surface area contributed by atoms with Gasteiger partial charge in [0.1, 0.15) is 23.5 Å². The number of β-amino-alcohol motifs (C(OH)–C–C–N with tert-alkyl or cyclic N) is 1. The third kappa shape index (κ3) is 12.3. The first-order chi connectivity index (χ1) is 21.4. The van der Waals surface area contributed by atoms with Crippen molar-refractivity contribution in [3.05, 3.63) is 65.9 Å². The Balaban J connectivity index is 0.000000503. The number of aliphatic hydroxyl groups is 1. The molecule has 2 aromatic carbocycles. The van der Waals surface area contributed by atoms with E-state index in [0.29, 0.717) is 31.4 Å². The number of halogens is 2. The van der Waals surface area contributed by atoms with Gasteiger partial charge in [-0.3, -0.25) is 28.8 Å². The summed E-state index contributed by atoms with van der Waals surface area (Å²) >= 11 is 0. The lowest BCUT2D eigenvalue weighted by Gasteiger charge is -2.36. The molecule has 2 fully saturated rings. The minimum atomic E-state index is -3.67. The van der Waals surface area contributed by atoms with Gasteiger partial charge in [-0.25, -0.2) is 13.6 Å². The number of cyclic esters (lactones) is 1. The van der Waals surface area contributed by atoms with Crippen LogP contribution in [0.4, 0.5) is 19.3 Å². The Morgan fingerprint density at radius 1 is 0.957 bits per heavy atom. The first-order valence-electron chi connectivity index (χ1n) is 13.7. The molecule has 1 amide bonds. The highest BCUT2D eigenvalue weighted by atomic mass is 32.2. The molecule has 18 heteroatoms. The van der Waals surface area contributed by atoms with Crippen LogP contribution in [-0.4, -0.2) is 123 Å². The Morgan fingerprint density at radius 3 is 2.09 bits per heavy atom. The number of amides is 1. The molecule has 254 valence electrons. The van der Waals surface area contributed by atoms with E-state index in [1.54, 1.807) is 13.3 Å². The Bertz CT molecular complexity index is 1660. The Kier molecular flexibility index (Phi) is 12.7. The molecular weight excluding hydrogens is 654 g/mol. The maximum atomic E-state index is 13.6. The van der Waals surface area contributed by atoms with Gasteiger partial charge < -0.3 is 14.6 Å². The first kappa shape index (κ1) is 36.9. The van der Waals surface area contributed by atoms with E-state index in [2.05, 4.69) is 14.8 Å². The maximum absolute atomic E-state index is 13.6. The SMILES string of the molecule is COc1ccc2nccc(C(O)CN3CCN(CC4CN(c5cc(F)cc(F)c5)C(=O)O4)CC3)c2c1.CS(=O)(=O)O.CS(=O)(=O)O. The number of hydrogen-bond donors (Lipinski definition) is 3. The van der Waals surface area contributed by atoms with Crippen molar-refractivity contribution in [1.82, 2.24) is 14.8 Å². The molecule has 2 saturated heterocycles. The smallest absolute Gasteiger partial charge is 0.414 e. The van der Waals surface area contributed by atoms with Gasteiger partial charge in [-0.2, -0.15) is 16.8 Å². The van der Waals surface area contributed by atoms with Crippen molar-refractivity contribution in [2.75, 3.05) is 70.3 Å². The van der Waals surface area contributed by atoms with Crippen molar-refractivity contribution < 1.29 is 54.1 Å². The number of aromatic nitrogens is 1. The van der Waals surface area contributed by atoms with Crippen LogP contribution in [0.3, 0.4) is 0 Å². The number of benzene rings is 2. The zero-order valence-corrected chi connectivity index (χ0v) is 26.9. The maximum Gasteiger partial charge on any atom is 0.414 e. The van der Waals surface area contributed by atoms with Gasteiger partial charge in [-0.1, -0.05) is 0 Å². The molecule has 0 saturated carbocycles. The highest BCUT2D eigenvalue weighted by molar-refractivity contribution is 7.85. The van der Waals surface area contributed by atoms with Gasteiger partial charge in [0.15, 0.2) is 0 Å². The molecular formula is C28H36F2N4O10S2. The average Bonchev–Trinajstić information content (AvgIpc) is 3.30. The van der Waals surface area contributed by atoms with E-state index in [9.17, 15) is 35.5 Å². The highest BCUT2D eigenvalue weighted by Crippen LogP contribution is 2.28. The van der Waals surface area contributed by atoms with E-state index in [4.69, 9.17) is 18.6 Å². The number of pyridine rings is 1. The molecule has 3 heterocycles. The summed E-state index contributed by atoms with van der Waals surface area (Å²) in [5.41, 5.74) is 1.77. The second-order valence-corrected chi connectivity index (χ2v) is 13.5. The number of piperazine rings is 1. The standard InChI is InChI=1S/C26H28F2N4O4.2CH4O3S/c1-35-20-2-3-24-23(13-20)22(4-5-29-24)25(33)16-31-8-6-30(7-9-31)14-21-15-32(26(34)36-21)19-11-17(27)10-18(28)12-19;2*1-5(2,3)4/h2-5,10-13,21,25,33H,6-9,14-16H2,1H3;2*1H3,(H,2,3,4). The summed E-state index contributed by atoms with van der Waals surface area (Å²) in [5, 5.41) is 11.9. The molecule has 5 rings (SSSR count). The first-order valence-corrected chi connectivity index (χ1v) is 17.4. The van der Waals surface area contributed by atoms with Crippen LogP contribution in [0.5, 0.6) is 5.75 Å². The third-order valence-electron chi connectivity index (χ3n) is 6.73. The molecule has 1 aromatic heterocycles. The van der Waals surface area contributed by atoms with E-state index in [1.165, 1.54) is 4.90 Å². The number of anilines is 1. The highest BCUT2D eigenvalue weighted by Gasteiger charge is 2.34. The van der Waals surface area contributed by atoms with Crippen molar-refractivity contribution >= 4 is 42.9 Å². The summed E-state index contributed by atoms with van der Waals surface area (Å²) in [5.74, 6) is -0.761. The van der Waals surface area contributed by atoms with Gasteiger partial charge in [0, 0.05) is 56.9 Å². The summed E-state index contributed by atoms with van der Waals surface area (Å²) in [6.07, 6.45) is 1.47. The molecule has 2 aliphatic heterocycles. The lowest BCUT2D eigenvalue weighted by molar-refractivity contribution is 0.0525. The average molecular weight is 691 g/mol. The van der Waals surface area contributed by atoms with Crippen molar-refractivity contribution in [3.63, 3.8) is 0 Å². The van der Waals surface area contributed by atoms with Gasteiger partial charge in [0.05, 0.1) is 43.5 Å². The Labute approximate surface area is 265 Å². The Hall–Kier alpha value is -3.52. The summed E-state index contributed by atoms with van der Waals surface area (Å²) in [6, 6.07) is 10.5. The van der Waals surface area contributed by atoms with Gasteiger partial charge in [0.2, 0.25) is 0 Å². The lowest BCUT2D eigenvalue weighted by atomic mass is 10.0. The van der Waals surface area contributed by atoms with Crippen LogP contribution in [-0.2, 0) is 25.0 Å². The molecule has 2 aliphatic rings. The van der Waals surface area contributed by atoms with E-state index < -0.39 is 44.1 Å². The van der Waals surface area contributed by atoms with Gasteiger partial charge in [-0.15, -0.1) is 0 Å². The lowest BCUT2D eigenvalue weighted by Crippen LogP contribution is -2.49. The van der Waals surface area contributed by atoms with Gasteiger partial charge in [-0.05, 0) is 42.0 Å². The van der Waals surface area contributed by atoms with Crippen LogP contribution in [0.25, 0.3) is 10.9 Å². The predicted molar refractivity (Wildman–Crippen MR) is 165 cm³/mol. The number of hydrogen-bond acceptors (Lipinski definition) is 11.